The van der Waals surface area contributed by atoms with Crippen LogP contribution in [0.25, 0.3) is 0 Å². The first-order valence-electron chi connectivity index (χ1n) is 5.23. The molecule has 0 aromatic carbocycles. The molecule has 0 saturated heterocycles. The third-order valence-electron chi connectivity index (χ3n) is 2.01. The van der Waals surface area contributed by atoms with Crippen molar-refractivity contribution in [2.45, 2.75) is 39.5 Å². The highest BCUT2D eigenvalue weighted by Crippen LogP contribution is 2.12. The maximum absolute atomic E-state index is 12.3. The number of nitrogens with one attached hydrogen (secondary N) is 1. The van der Waals surface area contributed by atoms with Crippen LogP contribution in [0.2, 0.25) is 0 Å². The fourth-order valence-corrected chi connectivity index (χ4v) is 1.15. The van der Waals surface area contributed by atoms with Gasteiger partial charge in [0.2, 0.25) is 0 Å². The zero-order valence-electron chi connectivity index (χ0n) is 9.38. The minimum Gasteiger partial charge on any atom is -0.316 e. The Kier molecular flexibility index (Phi) is 8.47. The van der Waals surface area contributed by atoms with Gasteiger partial charge in [-0.05, 0) is 25.3 Å². The van der Waals surface area contributed by atoms with Crippen molar-refractivity contribution in [3.05, 3.63) is 17.8 Å². The molecule has 1 N–H and O–H groups in total. The molecule has 89 valence electrons. The van der Waals surface area contributed by atoms with Gasteiger partial charge in [-0.2, -0.15) is 8.78 Å². The van der Waals surface area contributed by atoms with Crippen LogP contribution >= 0.6 is 0 Å². The van der Waals surface area contributed by atoms with E-state index in [4.69, 9.17) is 0 Å². The van der Waals surface area contributed by atoms with E-state index in [9.17, 15) is 13.2 Å². The van der Waals surface area contributed by atoms with E-state index >= 15 is 0 Å². The summed E-state index contributed by atoms with van der Waals surface area (Å²) in [5.74, 6) is 0.0868. The molecule has 0 aliphatic carbocycles. The van der Waals surface area contributed by atoms with Crippen molar-refractivity contribution in [2.24, 2.45) is 0 Å². The lowest BCUT2D eigenvalue weighted by Crippen LogP contribution is -2.16. The molecule has 0 spiro atoms. The Balaban J connectivity index is 3.22. The first kappa shape index (κ1) is 14.5. The minimum absolute atomic E-state index is 0.221. The van der Waals surface area contributed by atoms with Gasteiger partial charge in [0.25, 0.3) is 0 Å². The summed E-state index contributed by atoms with van der Waals surface area (Å²) in [7, 11) is 0. The first-order chi connectivity index (χ1) is 7.04. The van der Waals surface area contributed by atoms with E-state index in [0.717, 1.165) is 25.8 Å². The van der Waals surface area contributed by atoms with Crippen LogP contribution in [0, 0.1) is 5.92 Å². The molecule has 0 saturated carbocycles. The Morgan fingerprint density at radius 1 is 0.933 bits per heavy atom. The molecule has 0 aliphatic heterocycles. The largest absolute Gasteiger partial charge is 0.316 e. The van der Waals surface area contributed by atoms with Crippen molar-refractivity contribution < 1.29 is 13.2 Å². The zero-order chi connectivity index (χ0) is 11.7. The lowest BCUT2D eigenvalue weighted by atomic mass is 10.1. The zero-order valence-corrected chi connectivity index (χ0v) is 9.38. The van der Waals surface area contributed by atoms with Crippen molar-refractivity contribution >= 4 is 0 Å². The number of rotatable bonds is 8. The molecule has 1 radical (unpaired) electrons. The molecule has 0 heterocycles. The normalized spacial score (nSPS) is 10.8. The highest BCUT2D eigenvalue weighted by Gasteiger charge is 2.03. The number of hydrogen-bond donors (Lipinski definition) is 1. The van der Waals surface area contributed by atoms with Crippen LogP contribution in [0.5, 0.6) is 0 Å². The molecule has 0 aliphatic rings. The van der Waals surface area contributed by atoms with Gasteiger partial charge in [0.1, 0.15) is 0 Å². The smallest absolute Gasteiger partial charge is 0.301 e. The van der Waals surface area contributed by atoms with Gasteiger partial charge in [0.15, 0.2) is 5.83 Å². The van der Waals surface area contributed by atoms with E-state index in [1.54, 1.807) is 0 Å². The van der Waals surface area contributed by atoms with E-state index in [2.05, 4.69) is 19.2 Å². The Bertz CT molecular complexity index is 186. The maximum Gasteiger partial charge on any atom is 0.301 e. The van der Waals surface area contributed by atoms with Gasteiger partial charge in [0.05, 0.1) is 0 Å². The van der Waals surface area contributed by atoms with Crippen molar-refractivity contribution in [3.63, 3.8) is 0 Å². The molecule has 0 bridgehead atoms. The molecule has 0 aromatic heterocycles. The second-order valence-electron chi connectivity index (χ2n) is 3.83. The Hall–Kier alpha value is -0.510. The summed E-state index contributed by atoms with van der Waals surface area (Å²) in [6.45, 7) is 5.20. The Morgan fingerprint density at radius 2 is 1.60 bits per heavy atom. The summed E-state index contributed by atoms with van der Waals surface area (Å²) in [6, 6.07) is 0. The molecule has 4 heteroatoms. The van der Waals surface area contributed by atoms with Crippen LogP contribution in [0.15, 0.2) is 11.9 Å². The lowest BCUT2D eigenvalue weighted by molar-refractivity contribution is 0.368. The number of halogens is 3. The van der Waals surface area contributed by atoms with Gasteiger partial charge >= 0.3 is 6.08 Å². The van der Waals surface area contributed by atoms with E-state index in [-0.39, 0.29) is 13.0 Å². The van der Waals surface area contributed by atoms with Crippen LogP contribution in [0.1, 0.15) is 39.5 Å². The second kappa shape index (κ2) is 8.77. The highest BCUT2D eigenvalue weighted by atomic mass is 19.3. The third-order valence-corrected chi connectivity index (χ3v) is 2.01. The topological polar surface area (TPSA) is 12.0 Å². The van der Waals surface area contributed by atoms with Crippen molar-refractivity contribution in [1.29, 1.82) is 0 Å². The SMILES string of the molecule is C[C](C)CCCCNCCC(F)=C(F)F. The molecule has 15 heavy (non-hydrogen) atoms. The molecule has 0 rings (SSSR count). The van der Waals surface area contributed by atoms with Crippen LogP contribution < -0.4 is 5.32 Å². The summed E-state index contributed by atoms with van der Waals surface area (Å²) >= 11 is 0. The average molecular weight is 222 g/mol. The summed E-state index contributed by atoms with van der Waals surface area (Å²) < 4.78 is 35.5. The Morgan fingerprint density at radius 3 is 2.13 bits per heavy atom. The van der Waals surface area contributed by atoms with Crippen LogP contribution in [0.4, 0.5) is 13.2 Å². The molecular formula is C11H19F3N. The second-order valence-corrected chi connectivity index (χ2v) is 3.83. The standard InChI is InChI=1S/C11H19F3N/c1-9(2)5-3-4-7-15-8-6-10(12)11(13)14/h15H,3-8H2,1-2H3. The van der Waals surface area contributed by atoms with Gasteiger partial charge in [-0.1, -0.05) is 20.3 Å². The van der Waals surface area contributed by atoms with Gasteiger partial charge in [0, 0.05) is 13.0 Å². The van der Waals surface area contributed by atoms with E-state index in [1.807, 2.05) is 0 Å². The van der Waals surface area contributed by atoms with Crippen LogP contribution in [-0.4, -0.2) is 13.1 Å². The lowest BCUT2D eigenvalue weighted by Gasteiger charge is -2.05. The van der Waals surface area contributed by atoms with Gasteiger partial charge in [-0.3, -0.25) is 0 Å². The molecule has 0 amide bonds. The molecule has 1 nitrogen and oxygen atoms in total. The molecule has 0 aromatic rings. The van der Waals surface area contributed by atoms with Crippen molar-refractivity contribution in [2.75, 3.05) is 13.1 Å². The summed E-state index contributed by atoms with van der Waals surface area (Å²) in [6.07, 6.45) is 0.754. The monoisotopic (exact) mass is 222 g/mol. The fourth-order valence-electron chi connectivity index (χ4n) is 1.15. The molecule has 0 unspecified atom stereocenters. The van der Waals surface area contributed by atoms with E-state index in [0.29, 0.717) is 0 Å². The van der Waals surface area contributed by atoms with Gasteiger partial charge in [-0.15, -0.1) is 0 Å². The number of unbranched alkanes of at least 4 members (excludes halogenated alkanes) is 1. The summed E-state index contributed by atoms with van der Waals surface area (Å²) in [4.78, 5) is 0. The van der Waals surface area contributed by atoms with Gasteiger partial charge in [-0.25, -0.2) is 4.39 Å². The van der Waals surface area contributed by atoms with E-state index in [1.165, 1.54) is 5.92 Å². The highest BCUT2D eigenvalue weighted by molar-refractivity contribution is 4.91. The van der Waals surface area contributed by atoms with Gasteiger partial charge < -0.3 is 5.32 Å². The average Bonchev–Trinajstić information content (AvgIpc) is 2.15. The molecule has 0 atom stereocenters. The van der Waals surface area contributed by atoms with Crippen LogP contribution in [0.3, 0.4) is 0 Å². The predicted octanol–water partition coefficient (Wildman–Crippen LogP) is 3.83. The van der Waals surface area contributed by atoms with Crippen LogP contribution in [-0.2, 0) is 0 Å². The molecule has 0 fully saturated rings. The maximum atomic E-state index is 12.3. The fraction of sp³-hybridized carbons (Fsp3) is 0.727. The minimum atomic E-state index is -2.20. The number of hydrogen-bond acceptors (Lipinski definition) is 1. The summed E-state index contributed by atoms with van der Waals surface area (Å²) in [5, 5.41) is 2.93. The first-order valence-corrected chi connectivity index (χ1v) is 5.23. The Labute approximate surface area is 89.7 Å². The predicted molar refractivity (Wildman–Crippen MR) is 56.3 cm³/mol. The molecular weight excluding hydrogens is 203 g/mol. The quantitative estimate of drug-likeness (QED) is 0.615. The summed E-state index contributed by atoms with van der Waals surface area (Å²) in [5.41, 5.74) is 0. The van der Waals surface area contributed by atoms with Crippen molar-refractivity contribution in [3.8, 4) is 0 Å². The van der Waals surface area contributed by atoms with Crippen molar-refractivity contribution in [1.82, 2.24) is 5.32 Å². The van der Waals surface area contributed by atoms with E-state index < -0.39 is 11.9 Å². The third kappa shape index (κ3) is 9.79.